The van der Waals surface area contributed by atoms with Crippen molar-refractivity contribution in [2.75, 3.05) is 19.1 Å². The molecule has 1 saturated heterocycles. The summed E-state index contributed by atoms with van der Waals surface area (Å²) in [6.45, 7) is 9.52. The number of aromatic nitrogens is 4. The van der Waals surface area contributed by atoms with Gasteiger partial charge in [-0.15, -0.1) is 5.10 Å². The Kier molecular flexibility index (Phi) is 5.43. The monoisotopic (exact) mass is 460 g/mol. The van der Waals surface area contributed by atoms with Crippen molar-refractivity contribution in [1.82, 2.24) is 25.5 Å². The zero-order valence-corrected chi connectivity index (χ0v) is 20.7. The molecule has 2 aliphatic rings. The summed E-state index contributed by atoms with van der Waals surface area (Å²) in [6.07, 6.45) is 5.68. The lowest BCUT2D eigenvalue weighted by molar-refractivity contribution is 0.198. The molecule has 1 N–H and O–H groups in total. The molecule has 2 aliphatic heterocycles. The summed E-state index contributed by atoms with van der Waals surface area (Å²) in [5.74, 6) is 1.85. The van der Waals surface area contributed by atoms with E-state index in [2.05, 4.69) is 66.3 Å². The number of hydrogen-bond donors (Lipinski definition) is 1. The molecule has 34 heavy (non-hydrogen) atoms. The van der Waals surface area contributed by atoms with Crippen molar-refractivity contribution < 1.29 is 9.47 Å². The third-order valence-electron chi connectivity index (χ3n) is 6.99. The molecular formula is C26H32N6O2. The largest absolute Gasteiger partial charge is 0.480 e. The average Bonchev–Trinajstić information content (AvgIpc) is 2.81. The summed E-state index contributed by atoms with van der Waals surface area (Å²) in [7, 11) is 3.63. The van der Waals surface area contributed by atoms with Gasteiger partial charge < -0.3 is 19.7 Å². The van der Waals surface area contributed by atoms with Crippen molar-refractivity contribution in [3.8, 4) is 34.0 Å². The lowest BCUT2D eigenvalue weighted by Crippen LogP contribution is -2.64. The second kappa shape index (κ2) is 8.20. The van der Waals surface area contributed by atoms with Crippen LogP contribution < -0.4 is 19.7 Å². The number of hydrogen-bond acceptors (Lipinski definition) is 8. The number of methoxy groups -OCH3 is 1. The van der Waals surface area contributed by atoms with Gasteiger partial charge in [0.15, 0.2) is 0 Å². The summed E-state index contributed by atoms with van der Waals surface area (Å²) >= 11 is 0. The van der Waals surface area contributed by atoms with E-state index in [-0.39, 0.29) is 11.1 Å². The quantitative estimate of drug-likeness (QED) is 0.619. The zero-order valence-electron chi connectivity index (χ0n) is 20.7. The predicted molar refractivity (Wildman–Crippen MR) is 132 cm³/mol. The molecule has 0 amide bonds. The Bertz CT molecular complexity index is 1210. The molecule has 0 radical (unpaired) electrons. The van der Waals surface area contributed by atoms with Gasteiger partial charge in [0.2, 0.25) is 17.7 Å². The number of nitrogens with one attached hydrogen (secondary N) is 1. The summed E-state index contributed by atoms with van der Waals surface area (Å²) in [5.41, 5.74) is 4.90. The Morgan fingerprint density at radius 3 is 2.50 bits per heavy atom. The predicted octanol–water partition coefficient (Wildman–Crippen LogP) is 4.25. The first-order valence-corrected chi connectivity index (χ1v) is 11.7. The fourth-order valence-electron chi connectivity index (χ4n) is 5.69. The standard InChI is InChI=1S/C26H32N6O2/c1-25(2)11-19(27-5)12-26(3,4)32(25)24-28-14-21-20-8-7-16(9-18(20)15-34-23(21)30-24)17-10-22(33-6)31-29-13-17/h7-10,13-14,19,27H,11-12,15H2,1-6H3. The first kappa shape index (κ1) is 22.5. The van der Waals surface area contributed by atoms with E-state index in [4.69, 9.17) is 19.4 Å². The highest BCUT2D eigenvalue weighted by Crippen LogP contribution is 2.43. The number of nitrogens with zero attached hydrogens (tertiary/aromatic N) is 5. The average molecular weight is 461 g/mol. The van der Waals surface area contributed by atoms with Gasteiger partial charge in [-0.3, -0.25) is 0 Å². The molecule has 5 rings (SSSR count). The summed E-state index contributed by atoms with van der Waals surface area (Å²) in [5, 5.41) is 11.5. The minimum absolute atomic E-state index is 0.0925. The van der Waals surface area contributed by atoms with Crippen LogP contribution in [-0.4, -0.2) is 51.4 Å². The minimum atomic E-state index is -0.0925. The molecule has 0 spiro atoms. The van der Waals surface area contributed by atoms with Crippen molar-refractivity contribution in [2.24, 2.45) is 0 Å². The maximum Gasteiger partial charge on any atom is 0.233 e. The van der Waals surface area contributed by atoms with Gasteiger partial charge in [0.1, 0.15) is 6.61 Å². The van der Waals surface area contributed by atoms with Crippen molar-refractivity contribution >= 4 is 5.95 Å². The van der Waals surface area contributed by atoms with Gasteiger partial charge in [-0.2, -0.15) is 10.1 Å². The molecule has 0 bridgehead atoms. The van der Waals surface area contributed by atoms with Crippen LogP contribution in [0, 0.1) is 0 Å². The van der Waals surface area contributed by atoms with Crippen molar-refractivity contribution in [2.45, 2.75) is 64.3 Å². The SMILES string of the molecule is CNC1CC(C)(C)N(c2ncc3c(n2)OCc2cc(-c4cnnc(OC)c4)ccc2-3)C(C)(C)C1. The summed E-state index contributed by atoms with van der Waals surface area (Å²) < 4.78 is 11.4. The molecule has 3 aromatic rings. The molecule has 0 unspecified atom stereocenters. The van der Waals surface area contributed by atoms with Crippen LogP contribution in [0.25, 0.3) is 22.3 Å². The number of fused-ring (bicyclic) bond motifs is 3. The van der Waals surface area contributed by atoms with E-state index < -0.39 is 0 Å². The number of benzene rings is 1. The molecule has 8 heteroatoms. The molecule has 1 fully saturated rings. The Morgan fingerprint density at radius 2 is 1.79 bits per heavy atom. The second-order valence-corrected chi connectivity index (χ2v) is 10.4. The first-order valence-electron chi connectivity index (χ1n) is 11.7. The number of piperidine rings is 1. The summed E-state index contributed by atoms with van der Waals surface area (Å²) in [6, 6.07) is 8.65. The smallest absolute Gasteiger partial charge is 0.233 e. The molecule has 178 valence electrons. The van der Waals surface area contributed by atoms with Gasteiger partial charge in [-0.25, -0.2) is 4.98 Å². The van der Waals surface area contributed by atoms with Crippen molar-refractivity contribution in [3.63, 3.8) is 0 Å². The van der Waals surface area contributed by atoms with Crippen LogP contribution in [0.2, 0.25) is 0 Å². The van der Waals surface area contributed by atoms with Gasteiger partial charge >= 0.3 is 0 Å². The minimum Gasteiger partial charge on any atom is -0.480 e. The Labute approximate surface area is 200 Å². The van der Waals surface area contributed by atoms with Crippen LogP contribution in [-0.2, 0) is 6.61 Å². The van der Waals surface area contributed by atoms with Crippen LogP contribution >= 0.6 is 0 Å². The van der Waals surface area contributed by atoms with Gasteiger partial charge in [0.05, 0.1) is 18.9 Å². The molecule has 0 atom stereocenters. The molecular weight excluding hydrogens is 428 g/mol. The van der Waals surface area contributed by atoms with Crippen LogP contribution in [0.5, 0.6) is 11.8 Å². The van der Waals surface area contributed by atoms with Gasteiger partial charge in [-0.1, -0.05) is 12.1 Å². The lowest BCUT2D eigenvalue weighted by Gasteiger charge is -2.55. The fourth-order valence-corrected chi connectivity index (χ4v) is 5.69. The third kappa shape index (κ3) is 3.86. The normalized spacial score (nSPS) is 18.6. The molecule has 0 aliphatic carbocycles. The fraction of sp³-hybridized carbons (Fsp3) is 0.462. The summed E-state index contributed by atoms with van der Waals surface area (Å²) in [4.78, 5) is 12.1. The molecule has 1 aromatic carbocycles. The Hall–Kier alpha value is -3.26. The van der Waals surface area contributed by atoms with E-state index in [9.17, 15) is 0 Å². The number of anilines is 1. The Morgan fingerprint density at radius 1 is 1.03 bits per heavy atom. The highest BCUT2D eigenvalue weighted by atomic mass is 16.5. The van der Waals surface area contributed by atoms with Gasteiger partial charge in [-0.05, 0) is 70.3 Å². The van der Waals surface area contributed by atoms with E-state index in [1.165, 1.54) is 0 Å². The molecule has 4 heterocycles. The van der Waals surface area contributed by atoms with Crippen LogP contribution in [0.15, 0.2) is 36.7 Å². The maximum absolute atomic E-state index is 6.15. The Balaban J connectivity index is 1.49. The van der Waals surface area contributed by atoms with E-state index >= 15 is 0 Å². The van der Waals surface area contributed by atoms with Crippen LogP contribution in [0.4, 0.5) is 5.95 Å². The van der Waals surface area contributed by atoms with Crippen molar-refractivity contribution in [3.05, 3.63) is 42.2 Å². The van der Waals surface area contributed by atoms with E-state index in [1.54, 1.807) is 13.3 Å². The highest BCUT2D eigenvalue weighted by molar-refractivity contribution is 5.77. The van der Waals surface area contributed by atoms with E-state index in [0.29, 0.717) is 24.4 Å². The van der Waals surface area contributed by atoms with Gasteiger partial charge in [0, 0.05) is 34.9 Å². The highest BCUT2D eigenvalue weighted by Gasteiger charge is 2.46. The second-order valence-electron chi connectivity index (χ2n) is 10.4. The van der Waals surface area contributed by atoms with Gasteiger partial charge in [0.25, 0.3) is 0 Å². The number of rotatable bonds is 4. The molecule has 0 saturated carbocycles. The van der Waals surface area contributed by atoms with Crippen LogP contribution in [0.3, 0.4) is 0 Å². The van der Waals surface area contributed by atoms with E-state index in [1.807, 2.05) is 19.3 Å². The number of ether oxygens (including phenoxy) is 2. The first-order chi connectivity index (χ1) is 16.2. The van der Waals surface area contributed by atoms with Crippen molar-refractivity contribution in [1.29, 1.82) is 0 Å². The maximum atomic E-state index is 6.15. The molecule has 2 aromatic heterocycles. The third-order valence-corrected chi connectivity index (χ3v) is 6.99. The zero-order chi connectivity index (χ0) is 24.1. The van der Waals surface area contributed by atoms with E-state index in [0.717, 1.165) is 46.6 Å². The lowest BCUT2D eigenvalue weighted by atomic mass is 9.77. The van der Waals surface area contributed by atoms with Crippen LogP contribution in [0.1, 0.15) is 46.1 Å². The topological polar surface area (TPSA) is 85.3 Å². The molecule has 8 nitrogen and oxygen atoms in total.